The largest absolute Gasteiger partial charge is 0.293 e. The van der Waals surface area contributed by atoms with Crippen molar-refractivity contribution in [3.63, 3.8) is 0 Å². The number of hydrogen-bond acceptors (Lipinski definition) is 3. The van der Waals surface area contributed by atoms with E-state index in [1.54, 1.807) is 4.31 Å². The molecule has 0 unspecified atom stereocenters. The Hall–Kier alpha value is -1.58. The number of benzene rings is 2. The molecule has 0 aromatic heterocycles. The van der Waals surface area contributed by atoms with E-state index < -0.39 is 0 Å². The maximum Gasteiger partial charge on any atom is 0.177 e. The van der Waals surface area contributed by atoms with Crippen molar-refractivity contribution in [1.82, 2.24) is 4.31 Å². The molecule has 2 aromatic carbocycles. The second-order valence-electron chi connectivity index (χ2n) is 4.10. The summed E-state index contributed by atoms with van der Waals surface area (Å²) in [6, 6.07) is 19.3. The minimum Gasteiger partial charge on any atom is -0.293 e. The van der Waals surface area contributed by atoms with Crippen LogP contribution >= 0.6 is 12.8 Å². The van der Waals surface area contributed by atoms with Crippen LogP contribution in [0, 0.1) is 0 Å². The molecular formula is C15H15NOS. The van der Waals surface area contributed by atoms with Crippen molar-refractivity contribution in [1.29, 1.82) is 0 Å². The molecule has 2 nitrogen and oxygen atoms in total. The number of hydrogen-bond donors (Lipinski definition) is 1. The molecule has 0 N–H and O–H groups in total. The Morgan fingerprint density at radius 1 is 0.944 bits per heavy atom. The van der Waals surface area contributed by atoms with Crippen LogP contribution in [0.25, 0.3) is 0 Å². The molecule has 0 bridgehead atoms. The average Bonchev–Trinajstić information content (AvgIpc) is 2.40. The lowest BCUT2D eigenvalue weighted by Crippen LogP contribution is -2.21. The maximum atomic E-state index is 12.0. The third-order valence-corrected chi connectivity index (χ3v) is 2.91. The SMILES string of the molecule is O=C(CN(S)Cc1ccccc1)c1ccccc1. The van der Waals surface area contributed by atoms with Gasteiger partial charge in [-0.25, -0.2) is 4.31 Å². The number of Topliss-reactive ketones (excluding diaryl/α,β-unsaturated/α-hetero) is 1. The summed E-state index contributed by atoms with van der Waals surface area (Å²) in [6.07, 6.45) is 0. The van der Waals surface area contributed by atoms with Gasteiger partial charge in [-0.2, -0.15) is 0 Å². The molecule has 0 heterocycles. The summed E-state index contributed by atoms with van der Waals surface area (Å²) in [5, 5.41) is 0. The molecule has 0 fully saturated rings. The lowest BCUT2D eigenvalue weighted by molar-refractivity contribution is 0.0969. The molecule has 2 aromatic rings. The molecule has 92 valence electrons. The Labute approximate surface area is 113 Å². The van der Waals surface area contributed by atoms with E-state index in [9.17, 15) is 4.79 Å². The summed E-state index contributed by atoms with van der Waals surface area (Å²) in [5.41, 5.74) is 1.87. The Bertz CT molecular complexity index is 498. The average molecular weight is 257 g/mol. The van der Waals surface area contributed by atoms with E-state index in [0.717, 1.165) is 11.1 Å². The first kappa shape index (κ1) is 12.9. The van der Waals surface area contributed by atoms with Crippen LogP contribution in [0.4, 0.5) is 0 Å². The van der Waals surface area contributed by atoms with E-state index in [2.05, 4.69) is 12.8 Å². The van der Waals surface area contributed by atoms with Crippen molar-refractivity contribution >= 4 is 18.6 Å². The highest BCUT2D eigenvalue weighted by molar-refractivity contribution is 7.77. The van der Waals surface area contributed by atoms with Gasteiger partial charge in [-0.05, 0) is 5.56 Å². The lowest BCUT2D eigenvalue weighted by atomic mass is 10.1. The zero-order valence-corrected chi connectivity index (χ0v) is 10.9. The predicted octanol–water partition coefficient (Wildman–Crippen LogP) is 3.22. The molecule has 0 saturated carbocycles. The molecule has 0 atom stereocenters. The van der Waals surface area contributed by atoms with E-state index in [4.69, 9.17) is 0 Å². The first-order chi connectivity index (χ1) is 8.75. The number of carbonyl (C=O) groups excluding carboxylic acids is 1. The molecule has 0 aliphatic carbocycles. The van der Waals surface area contributed by atoms with Crippen LogP contribution in [0.3, 0.4) is 0 Å². The van der Waals surface area contributed by atoms with Gasteiger partial charge in [0.15, 0.2) is 5.78 Å². The number of rotatable bonds is 5. The number of nitrogens with zero attached hydrogens (tertiary/aromatic N) is 1. The fourth-order valence-electron chi connectivity index (χ4n) is 1.73. The number of carbonyl (C=O) groups is 1. The monoisotopic (exact) mass is 257 g/mol. The Balaban J connectivity index is 1.92. The summed E-state index contributed by atoms with van der Waals surface area (Å²) in [7, 11) is 0. The maximum absolute atomic E-state index is 12.0. The number of thiol groups is 1. The smallest absolute Gasteiger partial charge is 0.177 e. The Morgan fingerprint density at radius 3 is 2.11 bits per heavy atom. The van der Waals surface area contributed by atoms with Crippen molar-refractivity contribution in [3.8, 4) is 0 Å². The molecule has 0 radical (unpaired) electrons. The van der Waals surface area contributed by atoms with Crippen molar-refractivity contribution in [3.05, 3.63) is 71.8 Å². The van der Waals surface area contributed by atoms with Crippen LogP contribution in [0.2, 0.25) is 0 Å². The highest BCUT2D eigenvalue weighted by Gasteiger charge is 2.09. The van der Waals surface area contributed by atoms with E-state index in [1.165, 1.54) is 0 Å². The molecule has 0 amide bonds. The van der Waals surface area contributed by atoms with E-state index in [-0.39, 0.29) is 5.78 Å². The van der Waals surface area contributed by atoms with E-state index >= 15 is 0 Å². The van der Waals surface area contributed by atoms with Gasteiger partial charge in [-0.1, -0.05) is 73.5 Å². The Kier molecular flexibility index (Phi) is 4.56. The van der Waals surface area contributed by atoms with Gasteiger partial charge in [0.25, 0.3) is 0 Å². The van der Waals surface area contributed by atoms with Crippen molar-refractivity contribution in [2.45, 2.75) is 6.54 Å². The van der Waals surface area contributed by atoms with Gasteiger partial charge in [-0.3, -0.25) is 4.79 Å². The van der Waals surface area contributed by atoms with E-state index in [1.807, 2.05) is 60.7 Å². The van der Waals surface area contributed by atoms with Gasteiger partial charge in [0, 0.05) is 12.1 Å². The molecular weight excluding hydrogens is 242 g/mol. The van der Waals surface area contributed by atoms with E-state index in [0.29, 0.717) is 13.1 Å². The van der Waals surface area contributed by atoms with Crippen LogP contribution < -0.4 is 0 Å². The quantitative estimate of drug-likeness (QED) is 0.655. The summed E-state index contributed by atoms with van der Waals surface area (Å²) >= 11 is 4.34. The van der Waals surface area contributed by atoms with Crippen molar-refractivity contribution in [2.24, 2.45) is 0 Å². The summed E-state index contributed by atoms with van der Waals surface area (Å²) in [4.78, 5) is 12.0. The van der Waals surface area contributed by atoms with Crippen LogP contribution in [-0.4, -0.2) is 16.6 Å². The van der Waals surface area contributed by atoms with Gasteiger partial charge in [-0.15, -0.1) is 0 Å². The van der Waals surface area contributed by atoms with Crippen LogP contribution in [0.15, 0.2) is 60.7 Å². The molecule has 0 saturated heterocycles. The van der Waals surface area contributed by atoms with Crippen LogP contribution in [-0.2, 0) is 6.54 Å². The highest BCUT2D eigenvalue weighted by Crippen LogP contribution is 2.08. The third kappa shape index (κ3) is 3.72. The van der Waals surface area contributed by atoms with Gasteiger partial charge in [0.1, 0.15) is 0 Å². The molecule has 3 heteroatoms. The van der Waals surface area contributed by atoms with Crippen molar-refractivity contribution < 1.29 is 4.79 Å². The van der Waals surface area contributed by atoms with Gasteiger partial charge in [0.05, 0.1) is 6.54 Å². The first-order valence-electron chi connectivity index (χ1n) is 5.82. The lowest BCUT2D eigenvalue weighted by Gasteiger charge is -2.14. The number of ketones is 1. The van der Waals surface area contributed by atoms with Gasteiger partial charge < -0.3 is 0 Å². The summed E-state index contributed by atoms with van der Waals surface area (Å²) in [6.45, 7) is 0.963. The fraction of sp³-hybridized carbons (Fsp3) is 0.133. The topological polar surface area (TPSA) is 20.3 Å². The third-order valence-electron chi connectivity index (χ3n) is 2.63. The molecule has 0 aliphatic heterocycles. The fourth-order valence-corrected chi connectivity index (χ4v) is 2.02. The normalized spacial score (nSPS) is 10.6. The second kappa shape index (κ2) is 6.38. The minimum absolute atomic E-state index is 0.0848. The standard InChI is InChI=1S/C15H15NOS/c17-15(14-9-5-2-6-10-14)12-16(18)11-13-7-3-1-4-8-13/h1-10,18H,11-12H2. The molecule has 0 aliphatic rings. The molecule has 0 spiro atoms. The first-order valence-corrected chi connectivity index (χ1v) is 6.22. The van der Waals surface area contributed by atoms with Crippen LogP contribution in [0.5, 0.6) is 0 Å². The minimum atomic E-state index is 0.0848. The van der Waals surface area contributed by atoms with Crippen molar-refractivity contribution in [2.75, 3.05) is 6.54 Å². The highest BCUT2D eigenvalue weighted by atomic mass is 32.1. The second-order valence-corrected chi connectivity index (χ2v) is 4.66. The van der Waals surface area contributed by atoms with Crippen LogP contribution in [0.1, 0.15) is 15.9 Å². The zero-order valence-electron chi connectivity index (χ0n) is 9.99. The zero-order chi connectivity index (χ0) is 12.8. The van der Waals surface area contributed by atoms with Gasteiger partial charge >= 0.3 is 0 Å². The van der Waals surface area contributed by atoms with Gasteiger partial charge in [0.2, 0.25) is 0 Å². The molecule has 18 heavy (non-hydrogen) atoms. The summed E-state index contributed by atoms with van der Waals surface area (Å²) < 4.78 is 1.73. The predicted molar refractivity (Wildman–Crippen MR) is 76.6 cm³/mol. The summed E-state index contributed by atoms with van der Waals surface area (Å²) in [5.74, 6) is 0.0848. The molecule has 2 rings (SSSR count). The Morgan fingerprint density at radius 2 is 1.50 bits per heavy atom.